The highest BCUT2D eigenvalue weighted by Crippen LogP contribution is 2.39. The molecule has 0 atom stereocenters. The second-order valence-electron chi connectivity index (χ2n) is 7.33. The topological polar surface area (TPSA) is 12.0 Å². The van der Waals surface area contributed by atoms with Crippen molar-refractivity contribution in [2.75, 3.05) is 13.1 Å². The molecule has 1 saturated carbocycles. The third-order valence-electron chi connectivity index (χ3n) is 4.84. The van der Waals surface area contributed by atoms with Crippen LogP contribution in [0.2, 0.25) is 0 Å². The number of nitrogens with one attached hydrogen (secondary N) is 1. The highest BCUT2D eigenvalue weighted by molar-refractivity contribution is 5.28. The van der Waals surface area contributed by atoms with Crippen molar-refractivity contribution in [2.45, 2.75) is 59.3 Å². The van der Waals surface area contributed by atoms with E-state index in [1.54, 1.807) is 12.1 Å². The Morgan fingerprint density at radius 1 is 1.19 bits per heavy atom. The van der Waals surface area contributed by atoms with Crippen LogP contribution in [0.15, 0.2) is 18.2 Å². The summed E-state index contributed by atoms with van der Waals surface area (Å²) in [5, 5.41) is 3.66. The fourth-order valence-corrected chi connectivity index (χ4v) is 3.58. The van der Waals surface area contributed by atoms with Gasteiger partial charge in [0.2, 0.25) is 0 Å². The Morgan fingerprint density at radius 3 is 2.57 bits per heavy atom. The lowest BCUT2D eigenvalue weighted by Gasteiger charge is -2.38. The summed E-state index contributed by atoms with van der Waals surface area (Å²) in [7, 11) is 0. The van der Waals surface area contributed by atoms with Gasteiger partial charge in [-0.25, -0.2) is 4.39 Å². The van der Waals surface area contributed by atoms with Crippen molar-refractivity contribution in [1.29, 1.82) is 0 Å². The summed E-state index contributed by atoms with van der Waals surface area (Å²) in [6.45, 7) is 8.74. The van der Waals surface area contributed by atoms with Gasteiger partial charge < -0.3 is 5.32 Å². The van der Waals surface area contributed by atoms with E-state index in [-0.39, 0.29) is 5.82 Å². The molecule has 0 aromatic heterocycles. The van der Waals surface area contributed by atoms with Crippen molar-refractivity contribution < 1.29 is 4.39 Å². The second-order valence-corrected chi connectivity index (χ2v) is 7.33. The smallest absolute Gasteiger partial charge is 0.123 e. The zero-order valence-electron chi connectivity index (χ0n) is 13.8. The zero-order valence-corrected chi connectivity index (χ0v) is 13.8. The van der Waals surface area contributed by atoms with E-state index < -0.39 is 0 Å². The van der Waals surface area contributed by atoms with E-state index in [1.165, 1.54) is 43.2 Å². The van der Waals surface area contributed by atoms with Gasteiger partial charge in [-0.3, -0.25) is 0 Å². The molecule has 0 heterocycles. The quantitative estimate of drug-likeness (QED) is 0.788. The fraction of sp³-hybridized carbons (Fsp3) is 0.684. The lowest BCUT2D eigenvalue weighted by Crippen LogP contribution is -2.39. The summed E-state index contributed by atoms with van der Waals surface area (Å²) in [5.74, 6) is 0.582. The molecule has 0 aliphatic heterocycles. The largest absolute Gasteiger partial charge is 0.316 e. The Hall–Kier alpha value is -0.890. The number of rotatable bonds is 6. The van der Waals surface area contributed by atoms with Crippen molar-refractivity contribution in [3.8, 4) is 0 Å². The fourth-order valence-electron chi connectivity index (χ4n) is 3.58. The maximum atomic E-state index is 13.6. The van der Waals surface area contributed by atoms with Crippen LogP contribution in [-0.2, 0) is 6.42 Å². The van der Waals surface area contributed by atoms with Crippen LogP contribution in [0.4, 0.5) is 4.39 Å². The van der Waals surface area contributed by atoms with E-state index in [0.29, 0.717) is 11.3 Å². The molecule has 0 radical (unpaired) electrons. The normalized spacial score (nSPS) is 18.1. The van der Waals surface area contributed by atoms with Crippen LogP contribution in [-0.4, -0.2) is 13.1 Å². The minimum atomic E-state index is -0.100. The third-order valence-corrected chi connectivity index (χ3v) is 4.84. The number of hydrogen-bond acceptors (Lipinski definition) is 1. The minimum Gasteiger partial charge on any atom is -0.316 e. The predicted molar refractivity (Wildman–Crippen MR) is 88.1 cm³/mol. The number of halogens is 1. The Balaban J connectivity index is 2.09. The molecule has 118 valence electrons. The molecular formula is C19H30FN. The third kappa shape index (κ3) is 4.81. The van der Waals surface area contributed by atoms with Crippen molar-refractivity contribution in [2.24, 2.45) is 11.3 Å². The van der Waals surface area contributed by atoms with Gasteiger partial charge in [0, 0.05) is 6.54 Å². The van der Waals surface area contributed by atoms with Gasteiger partial charge in [0.25, 0.3) is 0 Å². The molecule has 21 heavy (non-hydrogen) atoms. The molecule has 1 aromatic carbocycles. The molecule has 1 fully saturated rings. The van der Waals surface area contributed by atoms with Gasteiger partial charge in [-0.05, 0) is 67.3 Å². The number of aryl methyl sites for hydroxylation is 1. The first-order valence-electron chi connectivity index (χ1n) is 8.46. The molecular weight excluding hydrogens is 261 g/mol. The lowest BCUT2D eigenvalue weighted by atomic mass is 9.70. The van der Waals surface area contributed by atoms with Gasteiger partial charge in [0.1, 0.15) is 5.82 Å². The van der Waals surface area contributed by atoms with E-state index in [1.807, 2.05) is 6.07 Å². The van der Waals surface area contributed by atoms with Gasteiger partial charge in [-0.1, -0.05) is 39.2 Å². The van der Waals surface area contributed by atoms with Crippen LogP contribution >= 0.6 is 0 Å². The van der Waals surface area contributed by atoms with Crippen molar-refractivity contribution in [3.63, 3.8) is 0 Å². The molecule has 1 aliphatic rings. The van der Waals surface area contributed by atoms with Crippen molar-refractivity contribution >= 4 is 0 Å². The second kappa shape index (κ2) is 7.40. The lowest BCUT2D eigenvalue weighted by molar-refractivity contribution is 0.178. The van der Waals surface area contributed by atoms with Crippen LogP contribution in [0.3, 0.4) is 0 Å². The van der Waals surface area contributed by atoms with Gasteiger partial charge >= 0.3 is 0 Å². The molecule has 0 unspecified atom stereocenters. The molecule has 0 amide bonds. The molecule has 0 saturated heterocycles. The first-order chi connectivity index (χ1) is 10.0. The zero-order chi connectivity index (χ0) is 15.3. The average Bonchev–Trinajstić information content (AvgIpc) is 2.43. The standard InChI is InChI=1S/C19H30FN/c1-15(2)13-21-14-19(9-5-4-6-10-19)12-17-11-18(20)8-7-16(17)3/h7-8,11,15,21H,4-6,9-10,12-14H2,1-3H3. The van der Waals surface area contributed by atoms with E-state index >= 15 is 0 Å². The summed E-state index contributed by atoms with van der Waals surface area (Å²) in [6, 6.07) is 5.24. The van der Waals surface area contributed by atoms with Gasteiger partial charge in [0.05, 0.1) is 0 Å². The number of hydrogen-bond donors (Lipinski definition) is 1. The minimum absolute atomic E-state index is 0.100. The molecule has 0 bridgehead atoms. The Bertz CT molecular complexity index is 447. The van der Waals surface area contributed by atoms with Crippen LogP contribution < -0.4 is 5.32 Å². The molecule has 2 heteroatoms. The summed E-state index contributed by atoms with van der Waals surface area (Å²) in [4.78, 5) is 0. The molecule has 0 spiro atoms. The molecule has 1 aromatic rings. The maximum absolute atomic E-state index is 13.6. The highest BCUT2D eigenvalue weighted by Gasteiger charge is 2.32. The molecule has 2 rings (SSSR count). The molecule has 1 aliphatic carbocycles. The first kappa shape index (κ1) is 16.5. The summed E-state index contributed by atoms with van der Waals surface area (Å²) in [6.07, 6.45) is 7.55. The van der Waals surface area contributed by atoms with Gasteiger partial charge in [-0.2, -0.15) is 0 Å². The van der Waals surface area contributed by atoms with E-state index in [0.717, 1.165) is 19.5 Å². The van der Waals surface area contributed by atoms with E-state index in [2.05, 4.69) is 26.1 Å². The SMILES string of the molecule is Cc1ccc(F)cc1CC1(CNCC(C)C)CCCCC1. The summed E-state index contributed by atoms with van der Waals surface area (Å²) in [5.41, 5.74) is 2.75. The Kier molecular flexibility index (Phi) is 5.80. The van der Waals surface area contributed by atoms with E-state index in [9.17, 15) is 4.39 Å². The monoisotopic (exact) mass is 291 g/mol. The van der Waals surface area contributed by atoms with Crippen LogP contribution in [0.5, 0.6) is 0 Å². The Labute approximate surface area is 129 Å². The van der Waals surface area contributed by atoms with Gasteiger partial charge in [-0.15, -0.1) is 0 Å². The number of benzene rings is 1. The van der Waals surface area contributed by atoms with E-state index in [4.69, 9.17) is 0 Å². The highest BCUT2D eigenvalue weighted by atomic mass is 19.1. The molecule has 1 nitrogen and oxygen atoms in total. The molecule has 1 N–H and O–H groups in total. The predicted octanol–water partition coefficient (Wildman–Crippen LogP) is 4.87. The average molecular weight is 291 g/mol. The maximum Gasteiger partial charge on any atom is 0.123 e. The van der Waals surface area contributed by atoms with Crippen LogP contribution in [0.1, 0.15) is 57.1 Å². The van der Waals surface area contributed by atoms with Crippen molar-refractivity contribution in [3.05, 3.63) is 35.1 Å². The first-order valence-corrected chi connectivity index (χ1v) is 8.46. The summed E-state index contributed by atoms with van der Waals surface area (Å²) < 4.78 is 13.6. The van der Waals surface area contributed by atoms with Gasteiger partial charge in [0.15, 0.2) is 0 Å². The Morgan fingerprint density at radius 2 is 1.90 bits per heavy atom. The van der Waals surface area contributed by atoms with Crippen LogP contribution in [0.25, 0.3) is 0 Å². The van der Waals surface area contributed by atoms with Crippen LogP contribution in [0, 0.1) is 24.1 Å². The summed E-state index contributed by atoms with van der Waals surface area (Å²) >= 11 is 0. The van der Waals surface area contributed by atoms with Crippen molar-refractivity contribution in [1.82, 2.24) is 5.32 Å².